The molecule has 0 saturated carbocycles. The van der Waals surface area contributed by atoms with Gasteiger partial charge in [0.1, 0.15) is 6.42 Å². The summed E-state index contributed by atoms with van der Waals surface area (Å²) < 4.78 is 0. The third kappa shape index (κ3) is 1.61. The maximum Gasteiger partial charge on any atom is 0.277 e. The highest BCUT2D eigenvalue weighted by Gasteiger charge is 1.90. The van der Waals surface area contributed by atoms with E-state index in [4.69, 9.17) is 0 Å². The Hall–Kier alpha value is -1.23. The van der Waals surface area contributed by atoms with Crippen molar-refractivity contribution in [2.45, 2.75) is 6.42 Å². The Labute approximate surface area is 54.3 Å². The first-order valence-corrected chi connectivity index (χ1v) is 2.87. The fourth-order valence-electron chi connectivity index (χ4n) is 0.639. The fraction of sp³-hybridized carbons (Fsp3) is 0.286. The highest BCUT2D eigenvalue weighted by atomic mass is 14.6. The van der Waals surface area contributed by atoms with Crippen molar-refractivity contribution in [3.8, 4) is 6.07 Å². The van der Waals surface area contributed by atoms with Crippen LogP contribution >= 0.6 is 0 Å². The SMILES string of the molecule is C[N+]#CCc1cc[nH]c1. The minimum absolute atomic E-state index is 0.806. The number of hydrogen-bond acceptors (Lipinski definition) is 0. The second kappa shape index (κ2) is 2.93. The van der Waals surface area contributed by atoms with Gasteiger partial charge in [-0.1, -0.05) is 4.85 Å². The van der Waals surface area contributed by atoms with Gasteiger partial charge in [-0.25, -0.2) is 0 Å². The largest absolute Gasteiger partial charge is 0.367 e. The molecule has 46 valence electrons. The highest BCUT2D eigenvalue weighted by molar-refractivity contribution is 5.14. The molecular weight excluding hydrogens is 112 g/mol. The topological polar surface area (TPSA) is 20.1 Å². The normalized spacial score (nSPS) is 8.11. The van der Waals surface area contributed by atoms with Crippen LogP contribution in [0.1, 0.15) is 5.56 Å². The van der Waals surface area contributed by atoms with Gasteiger partial charge in [0.15, 0.2) is 0 Å². The van der Waals surface area contributed by atoms with Crippen LogP contribution in [0.25, 0.3) is 4.85 Å². The monoisotopic (exact) mass is 121 g/mol. The molecule has 1 aromatic rings. The van der Waals surface area contributed by atoms with E-state index in [1.165, 1.54) is 5.56 Å². The quantitative estimate of drug-likeness (QED) is 0.581. The molecule has 0 aliphatic rings. The van der Waals surface area contributed by atoms with E-state index in [2.05, 4.69) is 15.9 Å². The zero-order valence-electron chi connectivity index (χ0n) is 5.39. The number of nitrogens with zero attached hydrogens (tertiary/aromatic N) is 1. The molecule has 0 aliphatic carbocycles. The van der Waals surface area contributed by atoms with Crippen LogP contribution < -0.4 is 0 Å². The van der Waals surface area contributed by atoms with Crippen LogP contribution in [0.5, 0.6) is 0 Å². The van der Waals surface area contributed by atoms with E-state index in [1.54, 1.807) is 7.05 Å². The van der Waals surface area contributed by atoms with E-state index in [0.29, 0.717) is 0 Å². The molecule has 1 N–H and O–H groups in total. The van der Waals surface area contributed by atoms with E-state index in [-0.39, 0.29) is 0 Å². The average molecular weight is 121 g/mol. The predicted octanol–water partition coefficient (Wildman–Crippen LogP) is 1.52. The summed E-state index contributed by atoms with van der Waals surface area (Å²) >= 11 is 0. The number of hydrogen-bond donors (Lipinski definition) is 1. The van der Waals surface area contributed by atoms with Crippen molar-refractivity contribution in [1.82, 2.24) is 4.98 Å². The summed E-state index contributed by atoms with van der Waals surface area (Å²) in [5.41, 5.74) is 1.22. The van der Waals surface area contributed by atoms with Gasteiger partial charge < -0.3 is 4.98 Å². The van der Waals surface area contributed by atoms with Gasteiger partial charge in [0.25, 0.3) is 13.1 Å². The van der Waals surface area contributed by atoms with Gasteiger partial charge in [-0.3, -0.25) is 0 Å². The van der Waals surface area contributed by atoms with Crippen molar-refractivity contribution >= 4 is 0 Å². The maximum absolute atomic E-state index is 3.75. The standard InChI is InChI=1S/C7H9N2/c1-8-4-2-7-3-5-9-6-7/h3,5-6,9H,2H2,1H3/q+1. The first-order chi connectivity index (χ1) is 4.43. The van der Waals surface area contributed by atoms with Crippen LogP contribution in [0.15, 0.2) is 18.5 Å². The molecule has 0 aliphatic heterocycles. The molecule has 0 bridgehead atoms. The van der Waals surface area contributed by atoms with Crippen molar-refractivity contribution in [3.05, 3.63) is 28.9 Å². The molecule has 0 atom stereocenters. The zero-order valence-corrected chi connectivity index (χ0v) is 5.39. The summed E-state index contributed by atoms with van der Waals surface area (Å²) in [5.74, 6) is 0. The first kappa shape index (κ1) is 5.90. The van der Waals surface area contributed by atoms with Gasteiger partial charge in [-0.15, -0.1) is 0 Å². The van der Waals surface area contributed by atoms with Gasteiger partial charge in [-0.05, 0) is 11.6 Å². The summed E-state index contributed by atoms with van der Waals surface area (Å²) in [4.78, 5) is 6.70. The molecule has 0 aromatic carbocycles. The predicted molar refractivity (Wildman–Crippen MR) is 37.7 cm³/mol. The van der Waals surface area contributed by atoms with Gasteiger partial charge in [0.05, 0.1) is 0 Å². The van der Waals surface area contributed by atoms with E-state index >= 15 is 0 Å². The summed E-state index contributed by atoms with van der Waals surface area (Å²) in [5, 5.41) is 0. The number of aromatic nitrogens is 1. The fourth-order valence-corrected chi connectivity index (χ4v) is 0.639. The molecule has 0 unspecified atom stereocenters. The summed E-state index contributed by atoms with van der Waals surface area (Å²) in [6.45, 7) is 0. The minimum atomic E-state index is 0.806. The minimum Gasteiger partial charge on any atom is -0.367 e. The number of aromatic amines is 1. The lowest BCUT2D eigenvalue weighted by Crippen LogP contribution is -1.72. The molecule has 0 spiro atoms. The highest BCUT2D eigenvalue weighted by Crippen LogP contribution is 1.95. The molecule has 2 heteroatoms. The van der Waals surface area contributed by atoms with E-state index < -0.39 is 0 Å². The lowest BCUT2D eigenvalue weighted by atomic mass is 10.3. The van der Waals surface area contributed by atoms with Crippen LogP contribution in [0.3, 0.4) is 0 Å². The van der Waals surface area contributed by atoms with Crippen molar-refractivity contribution < 1.29 is 0 Å². The third-order valence-corrected chi connectivity index (χ3v) is 1.10. The summed E-state index contributed by atoms with van der Waals surface area (Å²) in [6.07, 6.45) is 4.64. The molecule has 1 heterocycles. The lowest BCUT2D eigenvalue weighted by Gasteiger charge is -1.74. The van der Waals surface area contributed by atoms with Crippen LogP contribution in [0.4, 0.5) is 0 Å². The molecule has 1 aromatic heterocycles. The van der Waals surface area contributed by atoms with Gasteiger partial charge >= 0.3 is 0 Å². The van der Waals surface area contributed by atoms with E-state index in [0.717, 1.165) is 6.42 Å². The molecular formula is C7H9N2+. The molecule has 0 radical (unpaired) electrons. The Morgan fingerprint density at radius 2 is 2.67 bits per heavy atom. The Bertz CT molecular complexity index is 213. The molecule has 1 rings (SSSR count). The smallest absolute Gasteiger partial charge is 0.277 e. The lowest BCUT2D eigenvalue weighted by molar-refractivity contribution is 1.31. The number of rotatable bonds is 1. The van der Waals surface area contributed by atoms with Gasteiger partial charge in [0, 0.05) is 12.4 Å². The second-order valence-corrected chi connectivity index (χ2v) is 1.78. The van der Waals surface area contributed by atoms with Crippen molar-refractivity contribution in [2.24, 2.45) is 0 Å². The first-order valence-electron chi connectivity index (χ1n) is 2.87. The molecule has 0 saturated heterocycles. The second-order valence-electron chi connectivity index (χ2n) is 1.78. The maximum atomic E-state index is 3.75. The van der Waals surface area contributed by atoms with Crippen LogP contribution in [-0.4, -0.2) is 12.0 Å². The molecule has 0 amide bonds. The van der Waals surface area contributed by atoms with Crippen molar-refractivity contribution in [2.75, 3.05) is 7.05 Å². The van der Waals surface area contributed by atoms with Crippen LogP contribution in [0, 0.1) is 6.07 Å². The van der Waals surface area contributed by atoms with E-state index in [1.807, 2.05) is 18.5 Å². The van der Waals surface area contributed by atoms with Crippen LogP contribution in [0.2, 0.25) is 0 Å². The zero-order chi connectivity index (χ0) is 6.53. The van der Waals surface area contributed by atoms with Crippen LogP contribution in [-0.2, 0) is 6.42 Å². The average Bonchev–Trinajstić information content (AvgIpc) is 2.34. The van der Waals surface area contributed by atoms with Gasteiger partial charge in [0.2, 0.25) is 0 Å². The summed E-state index contributed by atoms with van der Waals surface area (Å²) in [7, 11) is 1.73. The Morgan fingerprint density at radius 3 is 3.22 bits per heavy atom. The summed E-state index contributed by atoms with van der Waals surface area (Å²) in [6, 6.07) is 4.87. The molecule has 0 fully saturated rings. The van der Waals surface area contributed by atoms with Crippen molar-refractivity contribution in [1.29, 1.82) is 0 Å². The Balaban J connectivity index is 2.54. The molecule has 9 heavy (non-hydrogen) atoms. The Kier molecular flexibility index (Phi) is 1.92. The van der Waals surface area contributed by atoms with Gasteiger partial charge in [-0.2, -0.15) is 0 Å². The third-order valence-electron chi connectivity index (χ3n) is 1.10. The molecule has 2 nitrogen and oxygen atoms in total. The number of H-pyrrole nitrogens is 1. The van der Waals surface area contributed by atoms with Crippen molar-refractivity contribution in [3.63, 3.8) is 0 Å². The number of nitrogens with one attached hydrogen (secondary N) is 1. The Morgan fingerprint density at radius 1 is 1.78 bits per heavy atom. The van der Waals surface area contributed by atoms with E-state index in [9.17, 15) is 0 Å².